The predicted octanol–water partition coefficient (Wildman–Crippen LogP) is 4.80. The van der Waals surface area contributed by atoms with Crippen molar-refractivity contribution in [2.24, 2.45) is 0 Å². The van der Waals surface area contributed by atoms with Crippen LogP contribution in [0.3, 0.4) is 0 Å². The maximum absolute atomic E-state index is 12.6. The average Bonchev–Trinajstić information content (AvgIpc) is 2.65. The molecule has 146 valence electrons. The monoisotopic (exact) mass is 408 g/mol. The van der Waals surface area contributed by atoms with Gasteiger partial charge < -0.3 is 10.6 Å². The lowest BCUT2D eigenvalue weighted by Crippen LogP contribution is -2.23. The smallest absolute Gasteiger partial charge is 0.224 e. The molecule has 0 bridgehead atoms. The summed E-state index contributed by atoms with van der Waals surface area (Å²) in [6.07, 6.45) is 7.41. The molecule has 1 saturated carbocycles. The van der Waals surface area contributed by atoms with Gasteiger partial charge in [0.1, 0.15) is 5.02 Å². The summed E-state index contributed by atoms with van der Waals surface area (Å²) < 4.78 is 25.3. The minimum atomic E-state index is -3.44. The van der Waals surface area contributed by atoms with Crippen LogP contribution in [0.1, 0.15) is 46.0 Å². The molecule has 0 radical (unpaired) electrons. The second-order valence-corrected chi connectivity index (χ2v) is 9.96. The maximum Gasteiger partial charge on any atom is 0.224 e. The van der Waals surface area contributed by atoms with Crippen LogP contribution >= 0.6 is 11.6 Å². The molecule has 6 nitrogen and oxygen atoms in total. The van der Waals surface area contributed by atoms with Crippen molar-refractivity contribution in [2.45, 2.75) is 62.1 Å². The molecular weight excluding hydrogens is 384 g/mol. The molecular formula is C19H25ClN4O2S. The summed E-state index contributed by atoms with van der Waals surface area (Å²) in [4.78, 5) is 8.96. The van der Waals surface area contributed by atoms with Crippen LogP contribution in [0.25, 0.3) is 0 Å². The van der Waals surface area contributed by atoms with Crippen LogP contribution < -0.4 is 10.6 Å². The molecule has 1 fully saturated rings. The summed E-state index contributed by atoms with van der Waals surface area (Å²) in [5.41, 5.74) is 0.454. The number of aromatic nitrogens is 2. The van der Waals surface area contributed by atoms with Crippen molar-refractivity contribution in [1.82, 2.24) is 9.97 Å². The number of rotatable bonds is 6. The van der Waals surface area contributed by atoms with E-state index in [2.05, 4.69) is 20.6 Å². The summed E-state index contributed by atoms with van der Waals surface area (Å²) in [6.45, 7) is 3.33. The summed E-state index contributed by atoms with van der Waals surface area (Å²) in [5, 5.41) is 6.25. The summed E-state index contributed by atoms with van der Waals surface area (Å²) in [6, 6.07) is 7.15. The third kappa shape index (κ3) is 4.71. The number of benzene rings is 1. The molecule has 1 heterocycles. The van der Waals surface area contributed by atoms with Gasteiger partial charge in [-0.05, 0) is 38.8 Å². The van der Waals surface area contributed by atoms with Crippen LogP contribution in [0, 0.1) is 0 Å². The Morgan fingerprint density at radius 1 is 1.15 bits per heavy atom. The van der Waals surface area contributed by atoms with Gasteiger partial charge in [-0.15, -0.1) is 0 Å². The molecule has 8 heteroatoms. The largest absolute Gasteiger partial charge is 0.351 e. The van der Waals surface area contributed by atoms with Gasteiger partial charge in [0.25, 0.3) is 0 Å². The molecule has 1 aliphatic rings. The molecule has 0 atom stereocenters. The summed E-state index contributed by atoms with van der Waals surface area (Å²) in [5.74, 6) is 0.884. The Morgan fingerprint density at radius 2 is 1.85 bits per heavy atom. The molecule has 1 aromatic heterocycles. The van der Waals surface area contributed by atoms with E-state index in [1.807, 2.05) is 0 Å². The molecule has 2 N–H and O–H groups in total. The number of halogens is 1. The molecule has 2 aromatic rings. The molecule has 1 aromatic carbocycles. The van der Waals surface area contributed by atoms with E-state index in [0.717, 1.165) is 12.8 Å². The third-order valence-electron chi connectivity index (χ3n) is 4.75. The number of anilines is 3. The Balaban J connectivity index is 1.87. The topological polar surface area (TPSA) is 84.0 Å². The number of hydrogen-bond acceptors (Lipinski definition) is 6. The van der Waals surface area contributed by atoms with Crippen LogP contribution in [-0.2, 0) is 9.84 Å². The van der Waals surface area contributed by atoms with Gasteiger partial charge in [-0.2, -0.15) is 4.98 Å². The number of sulfone groups is 1. The third-order valence-corrected chi connectivity index (χ3v) is 7.24. The highest BCUT2D eigenvalue weighted by atomic mass is 35.5. The Bertz CT molecular complexity index is 896. The molecule has 1 aliphatic carbocycles. The maximum atomic E-state index is 12.6. The van der Waals surface area contributed by atoms with E-state index >= 15 is 0 Å². The van der Waals surface area contributed by atoms with Crippen molar-refractivity contribution < 1.29 is 8.42 Å². The van der Waals surface area contributed by atoms with Gasteiger partial charge in [0.2, 0.25) is 5.95 Å². The van der Waals surface area contributed by atoms with Crippen molar-refractivity contribution in [2.75, 3.05) is 10.6 Å². The van der Waals surface area contributed by atoms with E-state index in [1.54, 1.807) is 38.1 Å². The standard InChI is InChI=1S/C19H25ClN4O2S/c1-13(2)27(25,26)17-11-7-6-10-16(17)23-18-15(20)12-21-19(24-18)22-14-8-4-3-5-9-14/h6-7,10-14H,3-5,8-9H2,1-2H3,(H2,21,22,23,24). The lowest BCUT2D eigenvalue weighted by atomic mass is 9.96. The predicted molar refractivity (Wildman–Crippen MR) is 110 cm³/mol. The number of para-hydroxylation sites is 1. The second kappa shape index (κ2) is 8.44. The Labute approximate surface area is 165 Å². The zero-order chi connectivity index (χ0) is 19.4. The van der Waals surface area contributed by atoms with Gasteiger partial charge in [0.05, 0.1) is 22.0 Å². The Morgan fingerprint density at radius 3 is 2.56 bits per heavy atom. The SMILES string of the molecule is CC(C)S(=O)(=O)c1ccccc1Nc1nc(NC2CCCCC2)ncc1Cl. The summed E-state index contributed by atoms with van der Waals surface area (Å²) >= 11 is 6.25. The molecule has 0 unspecified atom stereocenters. The van der Waals surface area contributed by atoms with Crippen LogP contribution in [0.4, 0.5) is 17.5 Å². The number of nitrogens with one attached hydrogen (secondary N) is 2. The first-order chi connectivity index (χ1) is 12.9. The Kier molecular flexibility index (Phi) is 6.22. The molecule has 0 amide bonds. The van der Waals surface area contributed by atoms with Crippen LogP contribution in [0.2, 0.25) is 5.02 Å². The number of hydrogen-bond donors (Lipinski definition) is 2. The zero-order valence-corrected chi connectivity index (χ0v) is 17.1. The molecule has 27 heavy (non-hydrogen) atoms. The van der Waals surface area contributed by atoms with Crippen molar-refractivity contribution in [3.05, 3.63) is 35.5 Å². The molecule has 0 aliphatic heterocycles. The fourth-order valence-electron chi connectivity index (χ4n) is 3.15. The van der Waals surface area contributed by atoms with E-state index in [0.29, 0.717) is 28.5 Å². The van der Waals surface area contributed by atoms with Gasteiger partial charge in [0.15, 0.2) is 15.7 Å². The van der Waals surface area contributed by atoms with Crippen molar-refractivity contribution in [3.8, 4) is 0 Å². The molecule has 0 spiro atoms. The number of nitrogens with zero attached hydrogens (tertiary/aromatic N) is 2. The first kappa shape index (κ1) is 19.9. The first-order valence-electron chi connectivity index (χ1n) is 9.27. The van der Waals surface area contributed by atoms with Gasteiger partial charge in [0, 0.05) is 6.04 Å². The fourth-order valence-corrected chi connectivity index (χ4v) is 4.49. The van der Waals surface area contributed by atoms with E-state index in [1.165, 1.54) is 25.5 Å². The lowest BCUT2D eigenvalue weighted by molar-refractivity contribution is 0.461. The van der Waals surface area contributed by atoms with Crippen molar-refractivity contribution >= 4 is 38.9 Å². The van der Waals surface area contributed by atoms with Crippen molar-refractivity contribution in [1.29, 1.82) is 0 Å². The summed E-state index contributed by atoms with van der Waals surface area (Å²) in [7, 11) is -3.44. The molecule has 3 rings (SSSR count). The quantitative estimate of drug-likeness (QED) is 0.714. The van der Waals surface area contributed by atoms with E-state index < -0.39 is 15.1 Å². The first-order valence-corrected chi connectivity index (χ1v) is 11.2. The Hall–Kier alpha value is -1.86. The fraction of sp³-hybridized carbons (Fsp3) is 0.474. The highest BCUT2D eigenvalue weighted by Crippen LogP contribution is 2.30. The van der Waals surface area contributed by atoms with Crippen LogP contribution in [0.15, 0.2) is 35.4 Å². The van der Waals surface area contributed by atoms with E-state index in [4.69, 9.17) is 11.6 Å². The highest BCUT2D eigenvalue weighted by molar-refractivity contribution is 7.92. The normalized spacial score (nSPS) is 15.7. The second-order valence-electron chi connectivity index (χ2n) is 7.08. The zero-order valence-electron chi connectivity index (χ0n) is 15.6. The minimum absolute atomic E-state index is 0.233. The van der Waals surface area contributed by atoms with Gasteiger partial charge in [-0.3, -0.25) is 0 Å². The lowest BCUT2D eigenvalue weighted by Gasteiger charge is -2.23. The van der Waals surface area contributed by atoms with Crippen LogP contribution in [0.5, 0.6) is 0 Å². The van der Waals surface area contributed by atoms with Crippen LogP contribution in [-0.4, -0.2) is 29.7 Å². The van der Waals surface area contributed by atoms with E-state index in [9.17, 15) is 8.42 Å². The molecule has 0 saturated heterocycles. The van der Waals surface area contributed by atoms with Crippen molar-refractivity contribution in [3.63, 3.8) is 0 Å². The highest BCUT2D eigenvalue weighted by Gasteiger charge is 2.23. The minimum Gasteiger partial charge on any atom is -0.351 e. The average molecular weight is 409 g/mol. The van der Waals surface area contributed by atoms with E-state index in [-0.39, 0.29) is 4.90 Å². The van der Waals surface area contributed by atoms with Gasteiger partial charge in [-0.25, -0.2) is 13.4 Å². The van der Waals surface area contributed by atoms with Gasteiger partial charge >= 0.3 is 0 Å². The van der Waals surface area contributed by atoms with Gasteiger partial charge in [-0.1, -0.05) is 43.0 Å².